The number of hydrogen-bond acceptors (Lipinski definition) is 3. The maximum Gasteiger partial charge on any atom is 0.124 e. The summed E-state index contributed by atoms with van der Waals surface area (Å²) in [5.41, 5.74) is 1.94. The number of phenols is 1. The molecule has 0 amide bonds. The van der Waals surface area contributed by atoms with Gasteiger partial charge in [0.25, 0.3) is 0 Å². The van der Waals surface area contributed by atoms with Crippen LogP contribution in [0.15, 0.2) is 16.6 Å². The van der Waals surface area contributed by atoms with Crippen LogP contribution >= 0.6 is 15.9 Å². The van der Waals surface area contributed by atoms with E-state index in [0.29, 0.717) is 5.75 Å². The zero-order valence-corrected chi connectivity index (χ0v) is 11.9. The highest BCUT2D eigenvalue weighted by Gasteiger charge is 2.23. The van der Waals surface area contributed by atoms with Gasteiger partial charge in [-0.2, -0.15) is 0 Å². The number of phenolic OH excluding ortho intramolecular Hbond substituents is 1. The minimum Gasteiger partial charge on any atom is -0.507 e. The van der Waals surface area contributed by atoms with E-state index in [1.165, 1.54) is 0 Å². The molecule has 1 aliphatic heterocycles. The van der Waals surface area contributed by atoms with Crippen LogP contribution in [0.5, 0.6) is 5.75 Å². The van der Waals surface area contributed by atoms with E-state index in [0.717, 1.165) is 41.8 Å². The van der Waals surface area contributed by atoms with Gasteiger partial charge in [0, 0.05) is 42.3 Å². The fourth-order valence-corrected chi connectivity index (χ4v) is 2.99. The first-order chi connectivity index (χ1) is 8.11. The van der Waals surface area contributed by atoms with Crippen molar-refractivity contribution in [3.63, 3.8) is 0 Å². The van der Waals surface area contributed by atoms with E-state index in [4.69, 9.17) is 0 Å². The van der Waals surface area contributed by atoms with Gasteiger partial charge in [0.05, 0.1) is 0 Å². The fourth-order valence-electron chi connectivity index (χ4n) is 2.34. The molecule has 0 unspecified atom stereocenters. The lowest BCUT2D eigenvalue weighted by Crippen LogP contribution is -2.44. The molecule has 0 spiro atoms. The quantitative estimate of drug-likeness (QED) is 0.880. The minimum atomic E-state index is 0.242. The van der Waals surface area contributed by atoms with Crippen molar-refractivity contribution in [1.29, 1.82) is 0 Å². The minimum absolute atomic E-state index is 0.242. The molecule has 3 nitrogen and oxygen atoms in total. The molecule has 1 aromatic carbocycles. The summed E-state index contributed by atoms with van der Waals surface area (Å²) < 4.78 is 0.992. The Morgan fingerprint density at radius 2 is 2.00 bits per heavy atom. The second kappa shape index (κ2) is 5.38. The molecule has 1 aromatic rings. The third-order valence-electron chi connectivity index (χ3n) is 3.48. The second-order valence-corrected chi connectivity index (χ2v) is 5.44. The summed E-state index contributed by atoms with van der Waals surface area (Å²) in [6, 6.07) is 4.20. The predicted molar refractivity (Wildman–Crippen MR) is 73.4 cm³/mol. The zero-order chi connectivity index (χ0) is 12.4. The van der Waals surface area contributed by atoms with Crippen LogP contribution in [0.25, 0.3) is 0 Å². The van der Waals surface area contributed by atoms with Crippen LogP contribution in [0.2, 0.25) is 0 Å². The summed E-state index contributed by atoms with van der Waals surface area (Å²) in [7, 11) is 0. The Labute approximate surface area is 111 Å². The van der Waals surface area contributed by atoms with Gasteiger partial charge < -0.3 is 10.4 Å². The molecule has 1 fully saturated rings. The van der Waals surface area contributed by atoms with E-state index in [9.17, 15) is 5.11 Å². The van der Waals surface area contributed by atoms with Crippen LogP contribution in [0.1, 0.15) is 24.1 Å². The number of aromatic hydroxyl groups is 1. The SMILES string of the molecule is Cc1ccc(Br)c([C@H](C)N2CCNCC2)c1O. The van der Waals surface area contributed by atoms with Gasteiger partial charge in [-0.05, 0) is 25.5 Å². The highest BCUT2D eigenvalue weighted by atomic mass is 79.9. The Morgan fingerprint density at radius 3 is 2.65 bits per heavy atom. The van der Waals surface area contributed by atoms with Crippen molar-refractivity contribution >= 4 is 15.9 Å². The van der Waals surface area contributed by atoms with Gasteiger partial charge in [-0.25, -0.2) is 0 Å². The number of nitrogens with zero attached hydrogens (tertiary/aromatic N) is 1. The first-order valence-electron chi connectivity index (χ1n) is 6.04. The molecule has 0 saturated carbocycles. The van der Waals surface area contributed by atoms with Crippen LogP contribution in [0.3, 0.4) is 0 Å². The molecule has 94 valence electrons. The second-order valence-electron chi connectivity index (χ2n) is 4.59. The molecule has 0 aliphatic carbocycles. The Hall–Kier alpha value is -0.580. The van der Waals surface area contributed by atoms with Crippen molar-refractivity contribution in [2.75, 3.05) is 26.2 Å². The van der Waals surface area contributed by atoms with Crippen LogP contribution in [-0.2, 0) is 0 Å². The largest absolute Gasteiger partial charge is 0.507 e. The molecule has 2 rings (SSSR count). The number of rotatable bonds is 2. The predicted octanol–water partition coefficient (Wildman–Crippen LogP) is 2.43. The van der Waals surface area contributed by atoms with Crippen LogP contribution in [-0.4, -0.2) is 36.2 Å². The van der Waals surface area contributed by atoms with Crippen LogP contribution in [0, 0.1) is 6.92 Å². The van der Waals surface area contributed by atoms with Crippen molar-refractivity contribution in [1.82, 2.24) is 10.2 Å². The van der Waals surface area contributed by atoms with Gasteiger partial charge in [-0.1, -0.05) is 22.0 Å². The molecular formula is C13H19BrN2O. The van der Waals surface area contributed by atoms with Crippen LogP contribution < -0.4 is 5.32 Å². The van der Waals surface area contributed by atoms with Crippen molar-refractivity contribution in [2.24, 2.45) is 0 Å². The summed E-state index contributed by atoms with van der Waals surface area (Å²) in [5, 5.41) is 13.6. The standard InChI is InChI=1S/C13H19BrN2O/c1-9-3-4-11(14)12(13(9)17)10(2)16-7-5-15-6-8-16/h3-4,10,15,17H,5-8H2,1-2H3/t10-/m0/s1. The Kier molecular flexibility index (Phi) is 4.07. The maximum atomic E-state index is 10.2. The van der Waals surface area contributed by atoms with Crippen molar-refractivity contribution in [3.8, 4) is 5.75 Å². The van der Waals surface area contributed by atoms with Gasteiger partial charge in [0.1, 0.15) is 5.75 Å². The topological polar surface area (TPSA) is 35.5 Å². The Bertz CT molecular complexity index is 403. The summed E-state index contributed by atoms with van der Waals surface area (Å²) in [4.78, 5) is 2.40. The Morgan fingerprint density at radius 1 is 1.35 bits per heavy atom. The summed E-state index contributed by atoms with van der Waals surface area (Å²) >= 11 is 3.55. The fraction of sp³-hybridized carbons (Fsp3) is 0.538. The molecule has 17 heavy (non-hydrogen) atoms. The number of aryl methyl sites for hydroxylation is 1. The van der Waals surface area contributed by atoms with E-state index in [-0.39, 0.29) is 6.04 Å². The summed E-state index contributed by atoms with van der Waals surface area (Å²) in [6.07, 6.45) is 0. The average molecular weight is 299 g/mol. The molecule has 2 N–H and O–H groups in total. The molecule has 0 radical (unpaired) electrons. The summed E-state index contributed by atoms with van der Waals surface area (Å²) in [6.45, 7) is 8.20. The van der Waals surface area contributed by atoms with Gasteiger partial charge in [0.15, 0.2) is 0 Å². The normalized spacial score (nSPS) is 19.2. The third kappa shape index (κ3) is 2.64. The monoisotopic (exact) mass is 298 g/mol. The van der Waals surface area contributed by atoms with E-state index >= 15 is 0 Å². The number of piperazine rings is 1. The number of hydrogen-bond donors (Lipinski definition) is 2. The lowest BCUT2D eigenvalue weighted by molar-refractivity contribution is 0.182. The van der Waals surface area contributed by atoms with E-state index in [1.807, 2.05) is 19.1 Å². The maximum absolute atomic E-state index is 10.2. The highest BCUT2D eigenvalue weighted by molar-refractivity contribution is 9.10. The third-order valence-corrected chi connectivity index (χ3v) is 4.17. The molecule has 0 aromatic heterocycles. The molecular weight excluding hydrogens is 280 g/mol. The molecule has 1 atom stereocenters. The Balaban J connectivity index is 2.29. The van der Waals surface area contributed by atoms with E-state index in [1.54, 1.807) is 0 Å². The first kappa shape index (κ1) is 12.9. The molecule has 1 heterocycles. The van der Waals surface area contributed by atoms with E-state index < -0.39 is 0 Å². The molecule has 1 saturated heterocycles. The van der Waals surface area contributed by atoms with Gasteiger partial charge in [0.2, 0.25) is 0 Å². The smallest absolute Gasteiger partial charge is 0.124 e. The lowest BCUT2D eigenvalue weighted by Gasteiger charge is -2.34. The molecule has 1 aliphatic rings. The highest BCUT2D eigenvalue weighted by Crippen LogP contribution is 2.36. The number of nitrogens with one attached hydrogen (secondary N) is 1. The summed E-state index contributed by atoms with van der Waals surface area (Å²) in [5.74, 6) is 0.422. The van der Waals surface area contributed by atoms with Crippen molar-refractivity contribution < 1.29 is 5.11 Å². The van der Waals surface area contributed by atoms with Gasteiger partial charge >= 0.3 is 0 Å². The number of halogens is 1. The average Bonchev–Trinajstić information content (AvgIpc) is 2.35. The molecule has 0 bridgehead atoms. The van der Waals surface area contributed by atoms with Gasteiger partial charge in [-0.15, -0.1) is 0 Å². The van der Waals surface area contributed by atoms with Crippen molar-refractivity contribution in [3.05, 3.63) is 27.7 Å². The zero-order valence-electron chi connectivity index (χ0n) is 10.3. The molecule has 4 heteroatoms. The first-order valence-corrected chi connectivity index (χ1v) is 6.83. The lowest BCUT2D eigenvalue weighted by atomic mass is 10.0. The van der Waals surface area contributed by atoms with Crippen molar-refractivity contribution in [2.45, 2.75) is 19.9 Å². The number of benzene rings is 1. The van der Waals surface area contributed by atoms with E-state index in [2.05, 4.69) is 33.1 Å². The van der Waals surface area contributed by atoms with Crippen LogP contribution in [0.4, 0.5) is 0 Å². The van der Waals surface area contributed by atoms with Gasteiger partial charge in [-0.3, -0.25) is 4.90 Å².